The van der Waals surface area contributed by atoms with Gasteiger partial charge in [0.2, 0.25) is 0 Å². The highest BCUT2D eigenvalue weighted by molar-refractivity contribution is 7.92. The Balaban J connectivity index is 2.43. The van der Waals surface area contributed by atoms with Crippen molar-refractivity contribution in [3.8, 4) is 0 Å². The van der Waals surface area contributed by atoms with E-state index in [4.69, 9.17) is 5.73 Å². The molecule has 2 aromatic rings. The number of rotatable bonds is 3. The molecule has 6 nitrogen and oxygen atoms in total. The van der Waals surface area contributed by atoms with E-state index in [0.29, 0.717) is 0 Å². The van der Waals surface area contributed by atoms with Crippen LogP contribution in [-0.4, -0.2) is 18.2 Å². The Labute approximate surface area is 107 Å². The number of hydrogen-bond donors (Lipinski definition) is 2. The predicted octanol–water partition coefficient (Wildman–Crippen LogP) is 1.08. The number of aryl methyl sites for hydroxylation is 1. The number of nitrogen functional groups attached to an aromatic ring is 1. The van der Waals surface area contributed by atoms with Crippen molar-refractivity contribution in [1.82, 2.24) is 9.78 Å². The van der Waals surface area contributed by atoms with Crippen LogP contribution in [0.25, 0.3) is 0 Å². The van der Waals surface area contributed by atoms with Crippen LogP contribution in [0.1, 0.15) is 0 Å². The van der Waals surface area contributed by atoms with E-state index in [1.54, 1.807) is 7.05 Å². The predicted molar refractivity (Wildman–Crippen MR) is 64.8 cm³/mol. The molecule has 0 saturated heterocycles. The van der Waals surface area contributed by atoms with Crippen LogP contribution in [0, 0.1) is 11.6 Å². The number of sulfonamides is 1. The molecule has 102 valence electrons. The normalized spacial score (nSPS) is 11.5. The Morgan fingerprint density at radius 2 is 2.00 bits per heavy atom. The summed E-state index contributed by atoms with van der Waals surface area (Å²) in [6, 6.07) is 2.97. The minimum atomic E-state index is -4.22. The average Bonchev–Trinajstić information content (AvgIpc) is 2.70. The maximum absolute atomic E-state index is 13.7. The average molecular weight is 288 g/mol. The number of halogens is 2. The molecule has 0 radical (unpaired) electrons. The molecule has 0 amide bonds. The fourth-order valence-corrected chi connectivity index (χ4v) is 2.51. The molecule has 0 bridgehead atoms. The van der Waals surface area contributed by atoms with Crippen LogP contribution in [0.5, 0.6) is 0 Å². The molecule has 19 heavy (non-hydrogen) atoms. The first-order valence-corrected chi connectivity index (χ1v) is 6.55. The highest BCUT2D eigenvalue weighted by Gasteiger charge is 2.23. The van der Waals surface area contributed by atoms with Crippen molar-refractivity contribution in [2.24, 2.45) is 7.05 Å². The molecule has 0 aliphatic heterocycles. The Kier molecular flexibility index (Phi) is 3.14. The number of anilines is 2. The zero-order valence-corrected chi connectivity index (χ0v) is 10.6. The first-order chi connectivity index (χ1) is 8.81. The summed E-state index contributed by atoms with van der Waals surface area (Å²) in [5, 5.41) is 3.79. The Morgan fingerprint density at radius 3 is 2.58 bits per heavy atom. The van der Waals surface area contributed by atoms with Gasteiger partial charge in [-0.1, -0.05) is 0 Å². The zero-order chi connectivity index (χ0) is 14.2. The van der Waals surface area contributed by atoms with Gasteiger partial charge in [0.1, 0.15) is 16.4 Å². The van der Waals surface area contributed by atoms with Gasteiger partial charge in [0.25, 0.3) is 10.0 Å². The van der Waals surface area contributed by atoms with Crippen molar-refractivity contribution >= 4 is 21.5 Å². The summed E-state index contributed by atoms with van der Waals surface area (Å²) < 4.78 is 53.9. The van der Waals surface area contributed by atoms with Gasteiger partial charge in [0.05, 0.1) is 0 Å². The number of hydrogen-bond acceptors (Lipinski definition) is 4. The van der Waals surface area contributed by atoms with Gasteiger partial charge < -0.3 is 5.73 Å². The van der Waals surface area contributed by atoms with E-state index in [2.05, 4.69) is 9.82 Å². The van der Waals surface area contributed by atoms with Gasteiger partial charge in [0.15, 0.2) is 11.6 Å². The van der Waals surface area contributed by atoms with Crippen molar-refractivity contribution in [3.63, 3.8) is 0 Å². The lowest BCUT2D eigenvalue weighted by Crippen LogP contribution is -2.16. The fourth-order valence-electron chi connectivity index (χ4n) is 1.42. The summed E-state index contributed by atoms with van der Waals surface area (Å²) in [5.41, 5.74) is 4.27. The van der Waals surface area contributed by atoms with Crippen molar-refractivity contribution in [2.75, 3.05) is 10.5 Å². The number of benzene rings is 1. The van der Waals surface area contributed by atoms with E-state index in [-0.39, 0.29) is 5.82 Å². The van der Waals surface area contributed by atoms with E-state index in [9.17, 15) is 17.2 Å². The SMILES string of the molecule is Cn1ccc(NS(=O)(=O)c2ccc(F)c(N)c2F)n1. The maximum Gasteiger partial charge on any atom is 0.266 e. The summed E-state index contributed by atoms with van der Waals surface area (Å²) in [7, 11) is -2.63. The van der Waals surface area contributed by atoms with E-state index in [1.807, 2.05) is 0 Å². The molecule has 1 aromatic heterocycles. The van der Waals surface area contributed by atoms with E-state index in [1.165, 1.54) is 16.9 Å². The van der Waals surface area contributed by atoms with Crippen LogP contribution >= 0.6 is 0 Å². The molecular formula is C10H10F2N4O2S. The lowest BCUT2D eigenvalue weighted by atomic mass is 10.3. The number of nitrogens with zero attached hydrogens (tertiary/aromatic N) is 2. The van der Waals surface area contributed by atoms with Crippen LogP contribution in [0.4, 0.5) is 20.3 Å². The van der Waals surface area contributed by atoms with Gasteiger partial charge in [0, 0.05) is 19.3 Å². The number of nitrogens with two attached hydrogens (primary N) is 1. The van der Waals surface area contributed by atoms with Crippen molar-refractivity contribution < 1.29 is 17.2 Å². The largest absolute Gasteiger partial charge is 0.394 e. The zero-order valence-electron chi connectivity index (χ0n) is 9.76. The first kappa shape index (κ1) is 13.3. The van der Waals surface area contributed by atoms with Gasteiger partial charge in [-0.05, 0) is 12.1 Å². The van der Waals surface area contributed by atoms with Gasteiger partial charge in [-0.25, -0.2) is 17.2 Å². The number of aromatic nitrogens is 2. The molecule has 0 fully saturated rings. The van der Waals surface area contributed by atoms with Gasteiger partial charge in [-0.15, -0.1) is 0 Å². The highest BCUT2D eigenvalue weighted by atomic mass is 32.2. The van der Waals surface area contributed by atoms with E-state index in [0.717, 1.165) is 12.1 Å². The molecule has 1 aromatic carbocycles. The molecule has 0 aliphatic rings. The molecule has 0 spiro atoms. The quantitative estimate of drug-likeness (QED) is 0.827. The molecule has 3 N–H and O–H groups in total. The molecule has 0 saturated carbocycles. The summed E-state index contributed by atoms with van der Waals surface area (Å²) in [4.78, 5) is -0.739. The molecule has 2 rings (SSSR count). The van der Waals surface area contributed by atoms with Gasteiger partial charge >= 0.3 is 0 Å². The second kappa shape index (κ2) is 4.50. The maximum atomic E-state index is 13.7. The second-order valence-corrected chi connectivity index (χ2v) is 5.40. The minimum absolute atomic E-state index is 0.0183. The standard InChI is InChI=1S/C10H10F2N4O2S/c1-16-5-4-8(14-16)15-19(17,18)7-3-2-6(11)10(13)9(7)12/h2-5H,13H2,1H3,(H,14,15). The third-order valence-corrected chi connectivity index (χ3v) is 3.71. The highest BCUT2D eigenvalue weighted by Crippen LogP contribution is 2.24. The summed E-state index contributed by atoms with van der Waals surface area (Å²) >= 11 is 0. The van der Waals surface area contributed by atoms with Crippen LogP contribution in [0.3, 0.4) is 0 Å². The molecule has 0 aliphatic carbocycles. The van der Waals surface area contributed by atoms with Crippen LogP contribution < -0.4 is 10.5 Å². The summed E-state index contributed by atoms with van der Waals surface area (Å²) in [6.45, 7) is 0. The molecule has 1 heterocycles. The minimum Gasteiger partial charge on any atom is -0.394 e. The Bertz CT molecular complexity index is 727. The van der Waals surface area contributed by atoms with Crippen molar-refractivity contribution in [2.45, 2.75) is 4.90 Å². The third kappa shape index (κ3) is 2.50. The summed E-state index contributed by atoms with van der Waals surface area (Å²) in [6.07, 6.45) is 1.51. The van der Waals surface area contributed by atoms with Crippen LogP contribution in [-0.2, 0) is 17.1 Å². The molecule has 9 heteroatoms. The van der Waals surface area contributed by atoms with E-state index >= 15 is 0 Å². The van der Waals surface area contributed by atoms with Crippen LogP contribution in [0.2, 0.25) is 0 Å². The lowest BCUT2D eigenvalue weighted by molar-refractivity contribution is 0.557. The van der Waals surface area contributed by atoms with E-state index < -0.39 is 32.2 Å². The Morgan fingerprint density at radius 1 is 1.32 bits per heavy atom. The van der Waals surface area contributed by atoms with Gasteiger partial charge in [-0.3, -0.25) is 9.40 Å². The second-order valence-electron chi connectivity index (χ2n) is 3.75. The third-order valence-electron chi connectivity index (χ3n) is 2.33. The molecule has 0 unspecified atom stereocenters. The number of nitrogens with one attached hydrogen (secondary N) is 1. The summed E-state index contributed by atoms with van der Waals surface area (Å²) in [5.74, 6) is -2.33. The Hall–Kier alpha value is -2.16. The van der Waals surface area contributed by atoms with Crippen molar-refractivity contribution in [1.29, 1.82) is 0 Å². The first-order valence-electron chi connectivity index (χ1n) is 5.07. The van der Waals surface area contributed by atoms with Gasteiger partial charge in [-0.2, -0.15) is 5.10 Å². The molecule has 0 atom stereocenters. The van der Waals surface area contributed by atoms with Crippen LogP contribution in [0.15, 0.2) is 29.3 Å². The molecular weight excluding hydrogens is 278 g/mol. The monoisotopic (exact) mass is 288 g/mol. The fraction of sp³-hybridized carbons (Fsp3) is 0.100. The van der Waals surface area contributed by atoms with Crippen molar-refractivity contribution in [3.05, 3.63) is 36.0 Å². The lowest BCUT2D eigenvalue weighted by Gasteiger charge is -2.08. The topological polar surface area (TPSA) is 90.0 Å². The smallest absolute Gasteiger partial charge is 0.266 e.